The lowest BCUT2D eigenvalue weighted by atomic mass is 9.96. The summed E-state index contributed by atoms with van der Waals surface area (Å²) in [6, 6.07) is 23.0. The Labute approximate surface area is 135 Å². The van der Waals surface area contributed by atoms with Crippen molar-refractivity contribution in [2.75, 3.05) is 6.16 Å². The molecule has 1 saturated carbocycles. The van der Waals surface area contributed by atoms with Crippen LogP contribution in [-0.2, 0) is 0 Å². The first-order chi connectivity index (χ1) is 10.8. The first-order valence-corrected chi connectivity index (χ1v) is 10.6. The molecule has 1 aliphatic carbocycles. The summed E-state index contributed by atoms with van der Waals surface area (Å²) >= 11 is 0. The van der Waals surface area contributed by atoms with E-state index in [2.05, 4.69) is 72.7 Å². The zero-order valence-electron chi connectivity index (χ0n) is 13.5. The minimum atomic E-state index is -1.50. The van der Waals surface area contributed by atoms with E-state index in [9.17, 15) is 0 Å². The third-order valence-electron chi connectivity index (χ3n) is 4.88. The summed E-state index contributed by atoms with van der Waals surface area (Å²) in [7, 11) is -1.50. The van der Waals surface area contributed by atoms with E-state index in [-0.39, 0.29) is 0 Å². The summed E-state index contributed by atoms with van der Waals surface area (Å²) in [5.41, 5.74) is 0. The van der Waals surface area contributed by atoms with Crippen molar-refractivity contribution in [2.24, 2.45) is 0 Å². The van der Waals surface area contributed by atoms with Crippen LogP contribution in [0.15, 0.2) is 60.7 Å². The summed E-state index contributed by atoms with van der Waals surface area (Å²) in [5, 5.41) is 7.15. The molecule has 0 amide bonds. The van der Waals surface area contributed by atoms with Gasteiger partial charge in [-0.2, -0.15) is 5.09 Å². The molecule has 1 aliphatic rings. The van der Waals surface area contributed by atoms with Gasteiger partial charge in [0.15, 0.2) is 0 Å². The van der Waals surface area contributed by atoms with Crippen molar-refractivity contribution in [3.8, 4) is 0 Å². The van der Waals surface area contributed by atoms with E-state index < -0.39 is 7.41 Å². The summed E-state index contributed by atoms with van der Waals surface area (Å²) in [6.07, 6.45) is 8.02. The molecule has 1 nitrogen and oxygen atoms in total. The zero-order valence-corrected chi connectivity index (χ0v) is 14.4. The van der Waals surface area contributed by atoms with Crippen LogP contribution in [0.5, 0.6) is 0 Å². The first-order valence-electron chi connectivity index (χ1n) is 8.62. The quantitative estimate of drug-likeness (QED) is 0.801. The third kappa shape index (κ3) is 3.26. The second-order valence-electron chi connectivity index (χ2n) is 6.26. The Balaban J connectivity index is 2.00. The third-order valence-corrected chi connectivity index (χ3v) is 8.99. The van der Waals surface area contributed by atoms with Crippen LogP contribution in [0.4, 0.5) is 0 Å². The Morgan fingerprint density at radius 2 is 1.32 bits per heavy atom. The van der Waals surface area contributed by atoms with E-state index in [0.717, 1.165) is 0 Å². The Morgan fingerprint density at radius 1 is 0.818 bits per heavy atom. The molecular formula is C20H27NP+. The molecule has 116 valence electrons. The maximum Gasteiger partial charge on any atom is 0.145 e. The van der Waals surface area contributed by atoms with Crippen LogP contribution in [0.3, 0.4) is 0 Å². The molecule has 0 atom stereocenters. The van der Waals surface area contributed by atoms with Crippen LogP contribution in [0.2, 0.25) is 0 Å². The Kier molecular flexibility index (Phi) is 5.28. The monoisotopic (exact) mass is 312 g/mol. The number of rotatable bonds is 5. The highest BCUT2D eigenvalue weighted by atomic mass is 31.2. The van der Waals surface area contributed by atoms with E-state index in [1.165, 1.54) is 48.9 Å². The molecule has 1 fully saturated rings. The minimum Gasteiger partial charge on any atom is -0.180 e. The molecule has 0 saturated heterocycles. The topological polar surface area (TPSA) is 12.0 Å². The van der Waals surface area contributed by atoms with Crippen LogP contribution in [-0.4, -0.2) is 12.2 Å². The van der Waals surface area contributed by atoms with Gasteiger partial charge in [-0.1, -0.05) is 55.7 Å². The minimum absolute atomic E-state index is 0.683. The van der Waals surface area contributed by atoms with E-state index in [4.69, 9.17) is 0 Å². The largest absolute Gasteiger partial charge is 0.180 e. The van der Waals surface area contributed by atoms with Gasteiger partial charge in [-0.25, -0.2) is 0 Å². The molecule has 1 N–H and O–H groups in total. The average Bonchev–Trinajstić information content (AvgIpc) is 2.62. The van der Waals surface area contributed by atoms with Gasteiger partial charge in [-0.3, -0.25) is 0 Å². The van der Waals surface area contributed by atoms with Gasteiger partial charge in [0.05, 0.1) is 6.16 Å². The Bertz CT molecular complexity index is 521. The number of hydrogen-bond donors (Lipinski definition) is 1. The van der Waals surface area contributed by atoms with Gasteiger partial charge in [0.1, 0.15) is 18.0 Å². The summed E-state index contributed by atoms with van der Waals surface area (Å²) < 4.78 is 0. The van der Waals surface area contributed by atoms with Crippen LogP contribution >= 0.6 is 7.41 Å². The van der Waals surface area contributed by atoms with Crippen molar-refractivity contribution in [1.29, 1.82) is 0 Å². The van der Waals surface area contributed by atoms with Crippen molar-refractivity contribution in [1.82, 2.24) is 5.09 Å². The van der Waals surface area contributed by atoms with Crippen molar-refractivity contribution in [3.05, 3.63) is 60.7 Å². The molecule has 3 rings (SSSR count). The van der Waals surface area contributed by atoms with Gasteiger partial charge >= 0.3 is 0 Å². The van der Waals surface area contributed by atoms with E-state index in [0.29, 0.717) is 6.04 Å². The number of nitrogens with one attached hydrogen (secondary N) is 1. The van der Waals surface area contributed by atoms with Crippen LogP contribution < -0.4 is 15.7 Å². The number of hydrogen-bond acceptors (Lipinski definition) is 1. The van der Waals surface area contributed by atoms with Gasteiger partial charge in [-0.15, -0.1) is 0 Å². The lowest BCUT2D eigenvalue weighted by Crippen LogP contribution is -2.41. The molecule has 22 heavy (non-hydrogen) atoms. The van der Waals surface area contributed by atoms with Crippen molar-refractivity contribution in [3.63, 3.8) is 0 Å². The molecule has 0 aromatic heterocycles. The van der Waals surface area contributed by atoms with Crippen molar-refractivity contribution < 1.29 is 0 Å². The Morgan fingerprint density at radius 3 is 1.77 bits per heavy atom. The van der Waals surface area contributed by atoms with Gasteiger partial charge in [-0.05, 0) is 44.0 Å². The van der Waals surface area contributed by atoms with Gasteiger partial charge in [0.2, 0.25) is 0 Å². The van der Waals surface area contributed by atoms with Crippen LogP contribution in [0.1, 0.15) is 39.0 Å². The van der Waals surface area contributed by atoms with Crippen LogP contribution in [0.25, 0.3) is 0 Å². The molecule has 2 heteroatoms. The lowest BCUT2D eigenvalue weighted by Gasteiger charge is -2.32. The van der Waals surface area contributed by atoms with E-state index >= 15 is 0 Å². The first kappa shape index (κ1) is 15.7. The average molecular weight is 312 g/mol. The zero-order chi connectivity index (χ0) is 15.3. The summed E-state index contributed by atoms with van der Waals surface area (Å²) in [4.78, 5) is 0. The van der Waals surface area contributed by atoms with Gasteiger partial charge in [0, 0.05) is 6.04 Å². The Hall–Kier alpha value is -1.17. The van der Waals surface area contributed by atoms with Crippen molar-refractivity contribution in [2.45, 2.75) is 45.1 Å². The molecule has 0 aliphatic heterocycles. The molecule has 0 bridgehead atoms. The fourth-order valence-electron chi connectivity index (χ4n) is 3.66. The highest BCUT2D eigenvalue weighted by molar-refractivity contribution is 7.87. The van der Waals surface area contributed by atoms with Gasteiger partial charge in [0.25, 0.3) is 0 Å². The van der Waals surface area contributed by atoms with Crippen LogP contribution in [0, 0.1) is 0 Å². The second kappa shape index (κ2) is 7.40. The molecule has 0 radical (unpaired) electrons. The molecule has 0 spiro atoms. The predicted molar refractivity (Wildman–Crippen MR) is 99.6 cm³/mol. The normalized spacial score (nSPS) is 16.6. The number of benzene rings is 2. The molecule has 2 aromatic rings. The fraction of sp³-hybridized carbons (Fsp3) is 0.400. The standard InChI is InChI=1S/C20H27NP/c1-2-22(19-14-8-4-9-15-19,20-16-10-5-11-17-20)21-18-12-6-3-7-13-18/h4-5,8-11,14-18,21H,2-3,6-7,12-13H2,1H3/q+1. The summed E-state index contributed by atoms with van der Waals surface area (Å²) in [5.74, 6) is 0. The highest BCUT2D eigenvalue weighted by Crippen LogP contribution is 2.53. The lowest BCUT2D eigenvalue weighted by molar-refractivity contribution is 0.420. The molecular weight excluding hydrogens is 285 g/mol. The summed E-state index contributed by atoms with van der Waals surface area (Å²) in [6.45, 7) is 2.35. The maximum atomic E-state index is 4.16. The SMILES string of the molecule is CC[P+](NC1CCCCC1)(c1ccccc1)c1ccccc1. The van der Waals surface area contributed by atoms with E-state index in [1.54, 1.807) is 0 Å². The highest BCUT2D eigenvalue weighted by Gasteiger charge is 2.43. The molecule has 0 heterocycles. The van der Waals surface area contributed by atoms with E-state index in [1.807, 2.05) is 0 Å². The van der Waals surface area contributed by atoms with Gasteiger partial charge < -0.3 is 0 Å². The molecule has 2 aromatic carbocycles. The smallest absolute Gasteiger partial charge is 0.145 e. The molecule has 0 unspecified atom stereocenters. The second-order valence-corrected chi connectivity index (χ2v) is 9.80. The predicted octanol–water partition coefficient (Wildman–Crippen LogP) is 4.51. The fourth-order valence-corrected chi connectivity index (χ4v) is 7.42. The maximum absolute atomic E-state index is 4.16. The van der Waals surface area contributed by atoms with Crippen molar-refractivity contribution >= 4 is 18.0 Å².